The van der Waals surface area contributed by atoms with E-state index in [2.05, 4.69) is 71.7 Å². The van der Waals surface area contributed by atoms with Crippen LogP contribution in [0, 0.1) is 5.82 Å². The Bertz CT molecular complexity index is 1040. The average Bonchev–Trinajstić information content (AvgIpc) is 3.28. The maximum Gasteiger partial charge on any atom is 0.174 e. The van der Waals surface area contributed by atoms with Crippen molar-refractivity contribution in [2.75, 3.05) is 0 Å². The molecule has 0 spiro atoms. The molecule has 0 fully saturated rings. The van der Waals surface area contributed by atoms with Crippen molar-refractivity contribution in [2.24, 2.45) is 0 Å². The highest BCUT2D eigenvalue weighted by Gasteiger charge is 2.24. The zero-order valence-electron chi connectivity index (χ0n) is 16.3. The molecule has 5 heteroatoms. The van der Waals surface area contributed by atoms with Gasteiger partial charge in [-0.1, -0.05) is 49.4 Å². The molecule has 4 rings (SSSR count). The van der Waals surface area contributed by atoms with Gasteiger partial charge >= 0.3 is 0 Å². The first-order valence-corrected chi connectivity index (χ1v) is 9.57. The molecular weight excluding hydrogens is 351 g/mol. The van der Waals surface area contributed by atoms with Crippen molar-refractivity contribution in [3.05, 3.63) is 81.9 Å². The Balaban J connectivity index is 1.71. The number of benzene rings is 2. The molecule has 28 heavy (non-hydrogen) atoms. The van der Waals surface area contributed by atoms with Crippen LogP contribution in [0.5, 0.6) is 0 Å². The number of nitrogens with one attached hydrogen (secondary N) is 1. The summed E-state index contributed by atoms with van der Waals surface area (Å²) in [6.07, 6.45) is 3.60. The predicted octanol–water partition coefficient (Wildman–Crippen LogP) is 5.42. The van der Waals surface area contributed by atoms with E-state index in [1.165, 1.54) is 17.2 Å². The van der Waals surface area contributed by atoms with Gasteiger partial charge in [0.1, 0.15) is 5.82 Å². The van der Waals surface area contributed by atoms with Gasteiger partial charge in [0.15, 0.2) is 5.82 Å². The van der Waals surface area contributed by atoms with Crippen molar-refractivity contribution in [3.8, 4) is 0 Å². The van der Waals surface area contributed by atoms with Crippen molar-refractivity contribution in [1.29, 1.82) is 0 Å². The number of hydrogen-bond acceptors (Lipinski definition) is 3. The monoisotopic (exact) mass is 374 g/mol. The number of aryl methyl sites for hydroxylation is 1. The second-order valence-electron chi connectivity index (χ2n) is 7.50. The van der Waals surface area contributed by atoms with Gasteiger partial charge in [0.2, 0.25) is 0 Å². The lowest BCUT2D eigenvalue weighted by Crippen LogP contribution is -1.92. The molecule has 0 bridgehead atoms. The van der Waals surface area contributed by atoms with Crippen LogP contribution in [0.1, 0.15) is 61.2 Å². The van der Waals surface area contributed by atoms with E-state index in [9.17, 15) is 4.39 Å². The van der Waals surface area contributed by atoms with Crippen LogP contribution in [0.2, 0.25) is 0 Å². The van der Waals surface area contributed by atoms with E-state index in [1.807, 2.05) is 6.07 Å². The molecule has 0 radical (unpaired) electrons. The number of fused-ring (bicyclic) bond motifs is 1. The first-order valence-electron chi connectivity index (χ1n) is 9.57. The molecule has 1 aromatic heterocycles. The van der Waals surface area contributed by atoms with Crippen LogP contribution < -0.4 is 0 Å². The first kappa shape index (κ1) is 18.3. The fraction of sp³-hybridized carbons (Fsp3) is 0.261. The Morgan fingerprint density at radius 2 is 1.82 bits per heavy atom. The van der Waals surface area contributed by atoms with Gasteiger partial charge in [-0.25, -0.2) is 4.39 Å². The third-order valence-corrected chi connectivity index (χ3v) is 5.36. The van der Waals surface area contributed by atoms with Crippen LogP contribution in [0.4, 0.5) is 4.39 Å². The summed E-state index contributed by atoms with van der Waals surface area (Å²) in [5, 5.41) is 14.1. The minimum Gasteiger partial charge on any atom is -0.207 e. The van der Waals surface area contributed by atoms with Crippen LogP contribution in [-0.2, 0) is 6.42 Å². The van der Waals surface area contributed by atoms with E-state index < -0.39 is 0 Å². The molecular formula is C23H23FN4. The van der Waals surface area contributed by atoms with E-state index in [-0.39, 0.29) is 5.82 Å². The second-order valence-corrected chi connectivity index (χ2v) is 7.50. The minimum absolute atomic E-state index is 0.217. The molecule has 1 N–H and O–H groups in total. The number of halogens is 1. The topological polar surface area (TPSA) is 54.5 Å². The summed E-state index contributed by atoms with van der Waals surface area (Å²) in [6.45, 7) is 6.49. The highest BCUT2D eigenvalue weighted by molar-refractivity contribution is 6.05. The van der Waals surface area contributed by atoms with Crippen molar-refractivity contribution in [3.63, 3.8) is 0 Å². The van der Waals surface area contributed by atoms with Crippen molar-refractivity contribution >= 4 is 17.2 Å². The summed E-state index contributed by atoms with van der Waals surface area (Å²) >= 11 is 0. The predicted molar refractivity (Wildman–Crippen MR) is 110 cm³/mol. The Hall–Kier alpha value is -3.08. The summed E-state index contributed by atoms with van der Waals surface area (Å²) in [4.78, 5) is 0. The molecule has 1 aliphatic carbocycles. The Morgan fingerprint density at radius 3 is 2.50 bits per heavy atom. The number of aromatic nitrogens is 4. The summed E-state index contributed by atoms with van der Waals surface area (Å²) in [7, 11) is 0. The lowest BCUT2D eigenvalue weighted by molar-refractivity contribution is 0.627. The molecule has 0 saturated carbocycles. The van der Waals surface area contributed by atoms with Gasteiger partial charge in [-0.15, -0.1) is 10.2 Å². The minimum atomic E-state index is -0.217. The Labute approximate surface area is 164 Å². The van der Waals surface area contributed by atoms with Gasteiger partial charge in [-0.3, -0.25) is 0 Å². The molecule has 0 aliphatic heterocycles. The normalized spacial score (nSPS) is 15.0. The van der Waals surface area contributed by atoms with Crippen LogP contribution in [0.3, 0.4) is 0 Å². The van der Waals surface area contributed by atoms with Crippen LogP contribution in [-0.4, -0.2) is 20.6 Å². The summed E-state index contributed by atoms with van der Waals surface area (Å²) in [5.74, 6) is 0.960. The molecule has 142 valence electrons. The van der Waals surface area contributed by atoms with Gasteiger partial charge in [-0.2, -0.15) is 5.21 Å². The molecule has 0 saturated heterocycles. The van der Waals surface area contributed by atoms with E-state index in [0.717, 1.165) is 34.3 Å². The van der Waals surface area contributed by atoms with Crippen LogP contribution in [0.25, 0.3) is 17.2 Å². The molecule has 4 nitrogen and oxygen atoms in total. The summed E-state index contributed by atoms with van der Waals surface area (Å²) in [6, 6.07) is 13.7. The molecule has 1 aliphatic rings. The number of tetrazole rings is 1. The number of nitrogens with zero attached hydrogens (tertiary/aromatic N) is 3. The van der Waals surface area contributed by atoms with Crippen molar-refractivity contribution in [1.82, 2.24) is 20.6 Å². The van der Waals surface area contributed by atoms with Crippen LogP contribution in [0.15, 0.2) is 48.0 Å². The third-order valence-electron chi connectivity index (χ3n) is 5.36. The second kappa shape index (κ2) is 7.50. The van der Waals surface area contributed by atoms with E-state index in [0.29, 0.717) is 18.2 Å². The van der Waals surface area contributed by atoms with Crippen molar-refractivity contribution < 1.29 is 4.39 Å². The SMILES string of the molecule is CC1=C(CCc2nn[nH]n2)c2cc(F)ccc2/C1=C\c1ccc(C(C)C)cc1. The lowest BCUT2D eigenvalue weighted by atomic mass is 9.98. The highest BCUT2D eigenvalue weighted by atomic mass is 19.1. The fourth-order valence-electron chi connectivity index (χ4n) is 3.74. The standard InChI is InChI=1S/C23H23FN4/c1-14(2)17-6-4-16(5-7-17)12-21-15(3)19(10-11-23-25-27-28-26-23)22-13-18(24)8-9-20(21)22/h4-9,12-14H,10-11H2,1-3H3,(H,25,26,27,28)/b21-12-. The zero-order chi connectivity index (χ0) is 19.7. The molecule has 0 unspecified atom stereocenters. The van der Waals surface area contributed by atoms with E-state index in [4.69, 9.17) is 0 Å². The molecule has 0 amide bonds. The lowest BCUT2D eigenvalue weighted by Gasteiger charge is -2.07. The van der Waals surface area contributed by atoms with Crippen LogP contribution >= 0.6 is 0 Å². The molecule has 2 aromatic carbocycles. The Kier molecular flexibility index (Phi) is 4.90. The largest absolute Gasteiger partial charge is 0.207 e. The van der Waals surface area contributed by atoms with E-state index >= 15 is 0 Å². The number of hydrogen-bond donors (Lipinski definition) is 1. The maximum absolute atomic E-state index is 14.0. The van der Waals surface area contributed by atoms with Crippen molar-refractivity contribution in [2.45, 2.75) is 39.5 Å². The maximum atomic E-state index is 14.0. The number of aromatic amines is 1. The number of allylic oxidation sites excluding steroid dienone is 3. The third kappa shape index (κ3) is 3.52. The quantitative estimate of drug-likeness (QED) is 0.648. The van der Waals surface area contributed by atoms with Gasteiger partial charge in [0.25, 0.3) is 0 Å². The highest BCUT2D eigenvalue weighted by Crippen LogP contribution is 2.44. The molecule has 0 atom stereocenters. The molecule has 1 heterocycles. The summed E-state index contributed by atoms with van der Waals surface area (Å²) in [5.41, 5.74) is 7.98. The average molecular weight is 374 g/mol. The first-order chi connectivity index (χ1) is 13.5. The van der Waals surface area contributed by atoms with Gasteiger partial charge < -0.3 is 0 Å². The number of H-pyrrole nitrogens is 1. The summed E-state index contributed by atoms with van der Waals surface area (Å²) < 4.78 is 14.0. The van der Waals surface area contributed by atoms with Gasteiger partial charge in [0.05, 0.1) is 0 Å². The smallest absolute Gasteiger partial charge is 0.174 e. The molecule has 3 aromatic rings. The van der Waals surface area contributed by atoms with Gasteiger partial charge in [-0.05, 0) is 76.4 Å². The van der Waals surface area contributed by atoms with E-state index in [1.54, 1.807) is 6.07 Å². The van der Waals surface area contributed by atoms with Gasteiger partial charge in [0, 0.05) is 6.42 Å². The number of rotatable bonds is 5. The Morgan fingerprint density at radius 1 is 1.04 bits per heavy atom. The zero-order valence-corrected chi connectivity index (χ0v) is 16.3. The fourth-order valence-corrected chi connectivity index (χ4v) is 3.74.